The summed E-state index contributed by atoms with van der Waals surface area (Å²) in [5, 5.41) is 21.0. The fourth-order valence-electron chi connectivity index (χ4n) is 10.6. The summed E-state index contributed by atoms with van der Waals surface area (Å²) in [6, 6.07) is 0. The van der Waals surface area contributed by atoms with Crippen LogP contribution in [0, 0.1) is 50.7 Å². The molecular weight excluding hydrogens is 408 g/mol. The van der Waals surface area contributed by atoms with Gasteiger partial charge in [0.2, 0.25) is 0 Å². The molecule has 3 nitrogen and oxygen atoms in total. The minimum atomic E-state index is -0.671. The number of aliphatic hydroxyl groups excluding tert-OH is 1. The third-order valence-electron chi connectivity index (χ3n) is 12.7. The van der Waals surface area contributed by atoms with Crippen molar-refractivity contribution in [3.8, 4) is 0 Å². The number of carboxylic acids is 1. The minimum Gasteiger partial charge on any atom is -0.481 e. The Labute approximate surface area is 202 Å². The van der Waals surface area contributed by atoms with Gasteiger partial charge in [0.15, 0.2) is 0 Å². The molecule has 0 aliphatic heterocycles. The average Bonchev–Trinajstić information content (AvgIpc) is 2.71. The first-order chi connectivity index (χ1) is 15.1. The van der Waals surface area contributed by atoms with Crippen molar-refractivity contribution < 1.29 is 15.0 Å². The number of hydrogen-bond donors (Lipinski definition) is 2. The fraction of sp³-hybridized carbons (Fsp3) is 0.900. The van der Waals surface area contributed by atoms with Crippen LogP contribution in [-0.4, -0.2) is 22.3 Å². The maximum absolute atomic E-state index is 11.6. The fourth-order valence-corrected chi connectivity index (χ4v) is 10.6. The van der Waals surface area contributed by atoms with E-state index in [-0.39, 0.29) is 39.6 Å². The van der Waals surface area contributed by atoms with Gasteiger partial charge in [-0.25, -0.2) is 0 Å². The molecule has 2 N–H and O–H groups in total. The number of rotatable bonds is 4. The first-order valence-electron chi connectivity index (χ1n) is 13.7. The molecule has 0 aromatic heterocycles. The van der Waals surface area contributed by atoms with Crippen molar-refractivity contribution in [2.24, 2.45) is 50.7 Å². The standard InChI is InChI=1S/C30H50O3/c1-19(2)20-11-15-29(7)22(27(20,5)14-13-24(31)32)9-10-23-28(6)18-17-26(3,4)25(33)21(28)12-16-30(23,29)8/h20-23,25,33H,1,9-18H2,2-8H3,(H,31,32)/t20-,21-,22-,23+,25+,27-,28+,29-,30-/m0/s1. The lowest BCUT2D eigenvalue weighted by atomic mass is 9.32. The molecule has 4 fully saturated rings. The summed E-state index contributed by atoms with van der Waals surface area (Å²) < 4.78 is 0. The van der Waals surface area contributed by atoms with Crippen molar-refractivity contribution in [3.05, 3.63) is 12.2 Å². The zero-order valence-corrected chi connectivity index (χ0v) is 22.5. The van der Waals surface area contributed by atoms with Crippen LogP contribution >= 0.6 is 0 Å². The van der Waals surface area contributed by atoms with Crippen LogP contribution in [0.3, 0.4) is 0 Å². The molecular formula is C30H50O3. The monoisotopic (exact) mass is 458 g/mol. The summed E-state index contributed by atoms with van der Waals surface area (Å²) in [6.45, 7) is 21.1. The number of hydrogen-bond acceptors (Lipinski definition) is 2. The molecule has 0 heterocycles. The second-order valence-corrected chi connectivity index (χ2v) is 14.4. The van der Waals surface area contributed by atoms with Crippen LogP contribution in [-0.2, 0) is 4.79 Å². The molecule has 0 saturated heterocycles. The van der Waals surface area contributed by atoms with Gasteiger partial charge in [0.1, 0.15) is 0 Å². The highest BCUT2D eigenvalue weighted by atomic mass is 16.4. The van der Waals surface area contributed by atoms with Crippen LogP contribution in [0.4, 0.5) is 0 Å². The van der Waals surface area contributed by atoms with Crippen LogP contribution in [0.15, 0.2) is 12.2 Å². The minimum absolute atomic E-state index is 0.00295. The predicted octanol–water partition coefficient (Wildman–Crippen LogP) is 7.48. The molecule has 188 valence electrons. The van der Waals surface area contributed by atoms with Crippen LogP contribution in [0.25, 0.3) is 0 Å². The summed E-state index contributed by atoms with van der Waals surface area (Å²) in [5.41, 5.74) is 1.92. The van der Waals surface area contributed by atoms with E-state index in [1.165, 1.54) is 37.7 Å². The van der Waals surface area contributed by atoms with E-state index in [9.17, 15) is 15.0 Å². The van der Waals surface area contributed by atoms with Gasteiger partial charge in [0.25, 0.3) is 0 Å². The van der Waals surface area contributed by atoms with Gasteiger partial charge in [-0.1, -0.05) is 53.7 Å². The Morgan fingerprint density at radius 1 is 0.879 bits per heavy atom. The van der Waals surface area contributed by atoms with Crippen LogP contribution in [0.2, 0.25) is 0 Å². The lowest BCUT2D eigenvalue weighted by Crippen LogP contribution is -2.67. The first-order valence-corrected chi connectivity index (χ1v) is 13.7. The van der Waals surface area contributed by atoms with Crippen molar-refractivity contribution in [1.82, 2.24) is 0 Å². The number of aliphatic carboxylic acids is 1. The van der Waals surface area contributed by atoms with E-state index in [1.807, 2.05) is 0 Å². The molecule has 0 amide bonds. The molecule has 4 aliphatic rings. The van der Waals surface area contributed by atoms with Gasteiger partial charge >= 0.3 is 5.97 Å². The van der Waals surface area contributed by atoms with Crippen molar-refractivity contribution in [1.29, 1.82) is 0 Å². The molecule has 33 heavy (non-hydrogen) atoms. The first kappa shape index (κ1) is 25.3. The summed E-state index contributed by atoms with van der Waals surface area (Å²) in [4.78, 5) is 11.6. The summed E-state index contributed by atoms with van der Waals surface area (Å²) in [5.74, 6) is 1.33. The highest BCUT2D eigenvalue weighted by Crippen LogP contribution is 2.76. The number of fused-ring (bicyclic) bond motifs is 5. The zero-order valence-electron chi connectivity index (χ0n) is 22.5. The van der Waals surface area contributed by atoms with Gasteiger partial charge in [0.05, 0.1) is 6.10 Å². The average molecular weight is 459 g/mol. The third-order valence-corrected chi connectivity index (χ3v) is 12.7. The molecule has 4 aliphatic carbocycles. The third kappa shape index (κ3) is 3.41. The molecule has 4 rings (SSSR count). The van der Waals surface area contributed by atoms with Gasteiger partial charge in [-0.3, -0.25) is 4.79 Å². The molecule has 0 spiro atoms. The van der Waals surface area contributed by atoms with E-state index in [0.29, 0.717) is 23.7 Å². The summed E-state index contributed by atoms with van der Waals surface area (Å²) >= 11 is 0. The molecule has 0 aromatic carbocycles. The molecule has 0 radical (unpaired) electrons. The Balaban J connectivity index is 1.73. The normalized spacial score (nSPS) is 51.1. The molecule has 0 unspecified atom stereocenters. The molecule has 3 heteroatoms. The quantitative estimate of drug-likeness (QED) is 0.429. The van der Waals surface area contributed by atoms with E-state index in [4.69, 9.17) is 0 Å². The second-order valence-electron chi connectivity index (χ2n) is 14.4. The highest BCUT2D eigenvalue weighted by molar-refractivity contribution is 5.66. The van der Waals surface area contributed by atoms with Gasteiger partial charge in [-0.2, -0.15) is 0 Å². The predicted molar refractivity (Wildman–Crippen MR) is 135 cm³/mol. The lowest BCUT2D eigenvalue weighted by Gasteiger charge is -2.73. The second kappa shape index (κ2) is 7.84. The number of aliphatic hydroxyl groups is 1. The van der Waals surface area contributed by atoms with Crippen LogP contribution in [0.1, 0.15) is 113 Å². The Kier molecular flexibility index (Phi) is 6.00. The largest absolute Gasteiger partial charge is 0.481 e. The van der Waals surface area contributed by atoms with Crippen molar-refractivity contribution in [2.75, 3.05) is 0 Å². The van der Waals surface area contributed by atoms with E-state index in [1.54, 1.807) is 0 Å². The van der Waals surface area contributed by atoms with E-state index < -0.39 is 5.97 Å². The van der Waals surface area contributed by atoms with Crippen LogP contribution in [0.5, 0.6) is 0 Å². The summed E-state index contributed by atoms with van der Waals surface area (Å²) in [6.07, 6.45) is 10.3. The Morgan fingerprint density at radius 2 is 1.45 bits per heavy atom. The van der Waals surface area contributed by atoms with Crippen molar-refractivity contribution in [3.63, 3.8) is 0 Å². The summed E-state index contributed by atoms with van der Waals surface area (Å²) in [7, 11) is 0. The zero-order chi connectivity index (χ0) is 24.6. The number of carboxylic acid groups (broad SMARTS) is 1. The topological polar surface area (TPSA) is 57.5 Å². The van der Waals surface area contributed by atoms with Gasteiger partial charge in [0, 0.05) is 6.42 Å². The Bertz CT molecular complexity index is 815. The van der Waals surface area contributed by atoms with E-state index in [2.05, 4.69) is 55.0 Å². The smallest absolute Gasteiger partial charge is 0.303 e. The van der Waals surface area contributed by atoms with Gasteiger partial charge in [-0.15, -0.1) is 0 Å². The Morgan fingerprint density at radius 3 is 2.06 bits per heavy atom. The van der Waals surface area contributed by atoms with Gasteiger partial charge in [-0.05, 0) is 115 Å². The van der Waals surface area contributed by atoms with Crippen molar-refractivity contribution >= 4 is 5.97 Å². The molecule has 0 aromatic rings. The maximum atomic E-state index is 11.6. The van der Waals surface area contributed by atoms with Crippen LogP contribution < -0.4 is 0 Å². The SMILES string of the molecule is C=C(C)[C@@H]1CC[C@@]2(C)[C@@H](CC[C@@H]3[C@]4(C)CCC(C)(C)[C@H](O)[C@@H]4CC[C@@]32C)[C@@]1(C)CCC(=O)O. The molecule has 0 bridgehead atoms. The number of carbonyl (C=O) groups is 1. The molecule has 4 saturated carbocycles. The van der Waals surface area contributed by atoms with Crippen molar-refractivity contribution in [2.45, 2.75) is 119 Å². The maximum Gasteiger partial charge on any atom is 0.303 e. The lowest BCUT2D eigenvalue weighted by molar-refractivity contribution is -0.250. The Hall–Kier alpha value is -0.830. The van der Waals surface area contributed by atoms with E-state index >= 15 is 0 Å². The van der Waals surface area contributed by atoms with E-state index in [0.717, 1.165) is 25.7 Å². The molecule has 9 atom stereocenters. The highest BCUT2D eigenvalue weighted by Gasteiger charge is 2.69. The van der Waals surface area contributed by atoms with Gasteiger partial charge < -0.3 is 10.2 Å². The number of allylic oxidation sites excluding steroid dienone is 1.